The number of aryl methyl sites for hydroxylation is 1. The molecule has 0 aliphatic carbocycles. The standard InChI is InChI=1S/C17H19N3O3/c1-9-5-6-11-10(7-9)12-13(15(22)18(4)14(12)21)20-16(23)17(2,3)8-19(11)20/h5-7,12-13H,8H2,1-4H3. The Balaban J connectivity index is 1.98. The topological polar surface area (TPSA) is 60.9 Å². The Bertz CT molecular complexity index is 770. The number of amides is 3. The number of carbonyl (C=O) groups excluding carboxylic acids is 3. The molecule has 0 bridgehead atoms. The van der Waals surface area contributed by atoms with Gasteiger partial charge in [-0.3, -0.25) is 24.3 Å². The van der Waals surface area contributed by atoms with Gasteiger partial charge in [-0.15, -0.1) is 0 Å². The third-order valence-electron chi connectivity index (χ3n) is 5.15. The highest BCUT2D eigenvalue weighted by atomic mass is 16.2. The summed E-state index contributed by atoms with van der Waals surface area (Å²) in [6.45, 7) is 6.23. The average Bonchev–Trinajstić information content (AvgIpc) is 2.86. The predicted molar refractivity (Wildman–Crippen MR) is 83.5 cm³/mol. The molecule has 1 aromatic rings. The molecule has 2 atom stereocenters. The summed E-state index contributed by atoms with van der Waals surface area (Å²) in [6.07, 6.45) is 0. The first-order valence-corrected chi connectivity index (χ1v) is 7.77. The molecule has 2 unspecified atom stereocenters. The van der Waals surface area contributed by atoms with E-state index in [1.807, 2.05) is 44.0 Å². The number of fused-ring (bicyclic) bond motifs is 6. The minimum atomic E-state index is -0.754. The van der Waals surface area contributed by atoms with E-state index >= 15 is 0 Å². The number of hydrogen-bond donors (Lipinski definition) is 0. The van der Waals surface area contributed by atoms with Crippen molar-refractivity contribution in [2.45, 2.75) is 32.7 Å². The molecule has 0 aromatic heterocycles. The molecule has 1 aromatic carbocycles. The van der Waals surface area contributed by atoms with Gasteiger partial charge in [-0.2, -0.15) is 0 Å². The molecule has 0 radical (unpaired) electrons. The Kier molecular flexibility index (Phi) is 2.55. The van der Waals surface area contributed by atoms with Gasteiger partial charge in [0.1, 0.15) is 6.04 Å². The smallest absolute Gasteiger partial charge is 0.255 e. The summed E-state index contributed by atoms with van der Waals surface area (Å²) in [5, 5.41) is 3.40. The van der Waals surface area contributed by atoms with Crippen molar-refractivity contribution < 1.29 is 14.4 Å². The number of hydrazine groups is 1. The van der Waals surface area contributed by atoms with Crippen molar-refractivity contribution in [2.75, 3.05) is 18.6 Å². The lowest BCUT2D eigenvalue weighted by Crippen LogP contribution is -2.55. The fourth-order valence-electron chi connectivity index (χ4n) is 3.92. The van der Waals surface area contributed by atoms with E-state index in [9.17, 15) is 14.4 Å². The lowest BCUT2D eigenvalue weighted by molar-refractivity contribution is -0.144. The third-order valence-corrected chi connectivity index (χ3v) is 5.15. The van der Waals surface area contributed by atoms with E-state index in [0.717, 1.165) is 21.7 Å². The number of anilines is 1. The second-order valence-corrected chi connectivity index (χ2v) is 7.31. The van der Waals surface area contributed by atoms with Crippen molar-refractivity contribution in [1.29, 1.82) is 0 Å². The van der Waals surface area contributed by atoms with Gasteiger partial charge in [0.25, 0.3) is 5.91 Å². The number of imide groups is 1. The molecular weight excluding hydrogens is 294 g/mol. The predicted octanol–water partition coefficient (Wildman–Crippen LogP) is 1.05. The van der Waals surface area contributed by atoms with E-state index < -0.39 is 17.4 Å². The molecule has 0 N–H and O–H groups in total. The van der Waals surface area contributed by atoms with Gasteiger partial charge in [-0.1, -0.05) is 17.7 Å². The van der Waals surface area contributed by atoms with Gasteiger partial charge in [-0.05, 0) is 32.4 Å². The molecule has 3 heterocycles. The van der Waals surface area contributed by atoms with E-state index in [1.165, 1.54) is 12.1 Å². The summed E-state index contributed by atoms with van der Waals surface area (Å²) in [6, 6.07) is 5.12. The highest BCUT2D eigenvalue weighted by Gasteiger charge is 2.60. The molecule has 2 fully saturated rings. The first-order chi connectivity index (χ1) is 10.7. The van der Waals surface area contributed by atoms with Gasteiger partial charge < -0.3 is 0 Å². The van der Waals surface area contributed by atoms with E-state index in [1.54, 1.807) is 0 Å². The van der Waals surface area contributed by atoms with Crippen LogP contribution in [0.1, 0.15) is 30.9 Å². The molecule has 2 saturated heterocycles. The molecule has 4 rings (SSSR count). The Labute approximate surface area is 134 Å². The van der Waals surface area contributed by atoms with Crippen LogP contribution in [0.2, 0.25) is 0 Å². The van der Waals surface area contributed by atoms with Crippen molar-refractivity contribution in [3.05, 3.63) is 29.3 Å². The zero-order valence-electron chi connectivity index (χ0n) is 13.7. The van der Waals surface area contributed by atoms with E-state index in [0.29, 0.717) is 6.54 Å². The van der Waals surface area contributed by atoms with Crippen LogP contribution in [0, 0.1) is 12.3 Å². The first-order valence-electron chi connectivity index (χ1n) is 7.77. The van der Waals surface area contributed by atoms with Crippen molar-refractivity contribution in [3.8, 4) is 0 Å². The van der Waals surface area contributed by atoms with Crippen LogP contribution in [0.15, 0.2) is 18.2 Å². The van der Waals surface area contributed by atoms with Crippen LogP contribution in [0.25, 0.3) is 0 Å². The second kappa shape index (κ2) is 4.13. The van der Waals surface area contributed by atoms with Crippen LogP contribution < -0.4 is 5.01 Å². The molecule has 3 aliphatic rings. The number of hydrogen-bond acceptors (Lipinski definition) is 4. The molecule has 3 aliphatic heterocycles. The van der Waals surface area contributed by atoms with Crippen molar-refractivity contribution in [3.63, 3.8) is 0 Å². The number of rotatable bonds is 0. The normalized spacial score (nSPS) is 28.2. The molecule has 0 spiro atoms. The highest BCUT2D eigenvalue weighted by molar-refractivity contribution is 6.12. The van der Waals surface area contributed by atoms with Crippen LogP contribution in [-0.2, 0) is 14.4 Å². The maximum absolute atomic E-state index is 12.8. The Morgan fingerprint density at radius 2 is 1.83 bits per heavy atom. The summed E-state index contributed by atoms with van der Waals surface area (Å²) in [4.78, 5) is 39.3. The highest BCUT2D eigenvalue weighted by Crippen LogP contribution is 2.48. The zero-order valence-corrected chi connectivity index (χ0v) is 13.7. The van der Waals surface area contributed by atoms with E-state index in [-0.39, 0.29) is 17.7 Å². The number of nitrogens with zero attached hydrogens (tertiary/aromatic N) is 3. The zero-order chi connectivity index (χ0) is 16.7. The average molecular weight is 313 g/mol. The van der Waals surface area contributed by atoms with E-state index in [2.05, 4.69) is 0 Å². The van der Waals surface area contributed by atoms with E-state index in [4.69, 9.17) is 0 Å². The van der Waals surface area contributed by atoms with Gasteiger partial charge in [0.2, 0.25) is 11.8 Å². The molecule has 6 heteroatoms. The van der Waals surface area contributed by atoms with Crippen LogP contribution in [-0.4, -0.2) is 47.3 Å². The van der Waals surface area contributed by atoms with Gasteiger partial charge in [0, 0.05) is 7.05 Å². The Hall–Kier alpha value is -2.37. The van der Waals surface area contributed by atoms with Crippen LogP contribution >= 0.6 is 0 Å². The van der Waals surface area contributed by atoms with Crippen LogP contribution in [0.3, 0.4) is 0 Å². The first kappa shape index (κ1) is 14.2. The van der Waals surface area contributed by atoms with Gasteiger partial charge >= 0.3 is 0 Å². The Morgan fingerprint density at radius 3 is 2.52 bits per heavy atom. The summed E-state index contributed by atoms with van der Waals surface area (Å²) in [5.74, 6) is -1.24. The van der Waals surface area contributed by atoms with Crippen LogP contribution in [0.5, 0.6) is 0 Å². The third kappa shape index (κ3) is 1.61. The fraction of sp³-hybridized carbons (Fsp3) is 0.471. The number of carbonyl (C=O) groups is 3. The molecule has 23 heavy (non-hydrogen) atoms. The number of benzene rings is 1. The summed E-state index contributed by atoms with van der Waals surface area (Å²) >= 11 is 0. The van der Waals surface area contributed by atoms with Crippen molar-refractivity contribution in [1.82, 2.24) is 9.91 Å². The minimum Gasteiger partial charge on any atom is -0.283 e. The number of likely N-dealkylation sites (tertiary alicyclic amines) is 1. The van der Waals surface area contributed by atoms with Gasteiger partial charge in [-0.25, -0.2) is 5.01 Å². The van der Waals surface area contributed by atoms with Crippen LogP contribution in [0.4, 0.5) is 5.69 Å². The molecule has 3 amide bonds. The summed E-state index contributed by atoms with van der Waals surface area (Å²) < 4.78 is 0. The van der Waals surface area contributed by atoms with Crippen molar-refractivity contribution in [2.24, 2.45) is 5.41 Å². The quantitative estimate of drug-likeness (QED) is 0.672. The Morgan fingerprint density at radius 1 is 1.13 bits per heavy atom. The SMILES string of the molecule is Cc1ccc2c(c1)C1C(=O)N(C)C(=O)C1N1C(=O)C(C)(C)CN21. The summed E-state index contributed by atoms with van der Waals surface area (Å²) in [5.41, 5.74) is 2.16. The maximum atomic E-state index is 12.8. The maximum Gasteiger partial charge on any atom is 0.255 e. The summed E-state index contributed by atoms with van der Waals surface area (Å²) in [7, 11) is 1.49. The fourth-order valence-corrected chi connectivity index (χ4v) is 3.92. The lowest BCUT2D eigenvalue weighted by Gasteiger charge is -2.41. The molecule has 6 nitrogen and oxygen atoms in total. The number of likely N-dealkylation sites (N-methyl/N-ethyl adjacent to an activating group) is 1. The monoisotopic (exact) mass is 313 g/mol. The largest absolute Gasteiger partial charge is 0.283 e. The molecule has 120 valence electrons. The van der Waals surface area contributed by atoms with Gasteiger partial charge in [0.15, 0.2) is 0 Å². The van der Waals surface area contributed by atoms with Gasteiger partial charge in [0.05, 0.1) is 23.6 Å². The minimum absolute atomic E-state index is 0.102. The molecular formula is C17H19N3O3. The lowest BCUT2D eigenvalue weighted by atomic mass is 9.88. The molecule has 0 saturated carbocycles. The van der Waals surface area contributed by atoms with Crippen molar-refractivity contribution >= 4 is 23.4 Å². The second-order valence-electron chi connectivity index (χ2n) is 7.31.